The van der Waals surface area contributed by atoms with Crippen molar-refractivity contribution in [2.24, 2.45) is 0 Å². The topological polar surface area (TPSA) is 78.9 Å². The molecular formula is C77H136O6. The SMILES string of the molecule is CC/C=C\C/C=C\C/C=C\CCCCCCCCCC(=O)OC(COC(=O)CCCCCCCCC/C=C\CCCCCCCC)COC(=O)CCCCCCCCCCCCCCCCCC/C=C\C/C=C\C/C=C\CCCCCCC. The Morgan fingerprint density at radius 3 is 0.747 bits per heavy atom. The summed E-state index contributed by atoms with van der Waals surface area (Å²) in [6.07, 6.45) is 94.7. The molecule has 480 valence electrons. The number of hydrogen-bond donors (Lipinski definition) is 0. The molecule has 0 radical (unpaired) electrons. The van der Waals surface area contributed by atoms with Gasteiger partial charge < -0.3 is 14.2 Å². The Morgan fingerprint density at radius 2 is 0.470 bits per heavy atom. The minimum atomic E-state index is -0.785. The molecule has 0 amide bonds. The van der Waals surface area contributed by atoms with Crippen LogP contribution in [0.5, 0.6) is 0 Å². The van der Waals surface area contributed by atoms with Crippen LogP contribution in [0.25, 0.3) is 0 Å². The Morgan fingerprint density at radius 1 is 0.253 bits per heavy atom. The second-order valence-corrected chi connectivity index (χ2v) is 24.1. The Hall–Kier alpha value is -3.41. The van der Waals surface area contributed by atoms with Crippen LogP contribution in [0.3, 0.4) is 0 Å². The molecule has 6 heteroatoms. The van der Waals surface area contributed by atoms with Crippen LogP contribution in [0.4, 0.5) is 0 Å². The third-order valence-electron chi connectivity index (χ3n) is 15.9. The van der Waals surface area contributed by atoms with Crippen LogP contribution in [-0.4, -0.2) is 37.2 Å². The highest BCUT2D eigenvalue weighted by atomic mass is 16.6. The number of esters is 3. The summed E-state index contributed by atoms with van der Waals surface area (Å²) in [6, 6.07) is 0. The average Bonchev–Trinajstić information content (AvgIpc) is 3.50. The Bertz CT molecular complexity index is 1570. The fraction of sp³-hybridized carbons (Fsp3) is 0.779. The Kier molecular flexibility index (Phi) is 68.2. The second-order valence-electron chi connectivity index (χ2n) is 24.1. The van der Waals surface area contributed by atoms with E-state index in [1.165, 1.54) is 231 Å². The van der Waals surface area contributed by atoms with Crippen molar-refractivity contribution in [2.45, 2.75) is 374 Å². The smallest absolute Gasteiger partial charge is 0.306 e. The van der Waals surface area contributed by atoms with Crippen molar-refractivity contribution in [3.05, 3.63) is 85.1 Å². The van der Waals surface area contributed by atoms with Gasteiger partial charge in [-0.3, -0.25) is 14.4 Å². The fourth-order valence-electron chi connectivity index (χ4n) is 10.5. The van der Waals surface area contributed by atoms with E-state index < -0.39 is 6.10 Å². The zero-order valence-corrected chi connectivity index (χ0v) is 55.2. The highest BCUT2D eigenvalue weighted by Gasteiger charge is 2.19. The molecule has 0 aliphatic heterocycles. The standard InChI is InChI=1S/C77H136O6/c1-4-7-10-13-16-19-22-25-28-31-32-33-34-35-36-37-38-39-40-41-42-43-44-47-49-52-55-58-61-64-67-70-76(79)82-73-74(83-77(80)71-68-65-62-59-56-53-50-46-30-27-24-21-18-15-12-9-6-3)72-81-75(78)69-66-63-60-57-54-51-48-45-29-26-23-20-17-14-11-8-5-2/h9,12,18,21-22,25-27,29-32,34-35,74H,4-8,10-11,13-17,19-20,23-24,28,33,36-73H2,1-3H3/b12-9-,21-18-,25-22-,29-26-,30-27-,32-31-,35-34-. The van der Waals surface area contributed by atoms with Gasteiger partial charge in [-0.15, -0.1) is 0 Å². The van der Waals surface area contributed by atoms with Crippen LogP contribution in [0.2, 0.25) is 0 Å². The van der Waals surface area contributed by atoms with Crippen molar-refractivity contribution in [1.29, 1.82) is 0 Å². The van der Waals surface area contributed by atoms with E-state index in [0.717, 1.165) is 96.3 Å². The first-order chi connectivity index (χ1) is 41.0. The van der Waals surface area contributed by atoms with Gasteiger partial charge in [0.05, 0.1) is 0 Å². The summed E-state index contributed by atoms with van der Waals surface area (Å²) in [6.45, 7) is 6.55. The molecule has 0 aromatic carbocycles. The molecule has 0 N–H and O–H groups in total. The number of hydrogen-bond acceptors (Lipinski definition) is 6. The highest BCUT2D eigenvalue weighted by Crippen LogP contribution is 2.17. The van der Waals surface area contributed by atoms with Gasteiger partial charge in [0.25, 0.3) is 0 Å². The molecule has 0 aromatic rings. The summed E-state index contributed by atoms with van der Waals surface area (Å²) in [4.78, 5) is 38.5. The molecule has 1 unspecified atom stereocenters. The van der Waals surface area contributed by atoms with Gasteiger partial charge in [-0.2, -0.15) is 0 Å². The largest absolute Gasteiger partial charge is 0.462 e. The Balaban J connectivity index is 4.25. The average molecular weight is 1160 g/mol. The monoisotopic (exact) mass is 1160 g/mol. The first-order valence-electron chi connectivity index (χ1n) is 36.1. The van der Waals surface area contributed by atoms with Crippen LogP contribution in [0.15, 0.2) is 85.1 Å². The zero-order valence-electron chi connectivity index (χ0n) is 55.2. The molecule has 0 heterocycles. The van der Waals surface area contributed by atoms with Crippen molar-refractivity contribution in [3.8, 4) is 0 Å². The van der Waals surface area contributed by atoms with E-state index in [-0.39, 0.29) is 31.1 Å². The third-order valence-corrected chi connectivity index (χ3v) is 15.9. The number of carbonyl (C=O) groups is 3. The van der Waals surface area contributed by atoms with E-state index >= 15 is 0 Å². The summed E-state index contributed by atoms with van der Waals surface area (Å²) >= 11 is 0. The molecule has 0 aromatic heterocycles. The van der Waals surface area contributed by atoms with Crippen LogP contribution >= 0.6 is 0 Å². The molecule has 0 bridgehead atoms. The number of ether oxygens (including phenoxy) is 3. The third kappa shape index (κ3) is 69.3. The highest BCUT2D eigenvalue weighted by molar-refractivity contribution is 5.71. The van der Waals surface area contributed by atoms with Gasteiger partial charge in [-0.25, -0.2) is 0 Å². The maximum absolute atomic E-state index is 12.9. The summed E-state index contributed by atoms with van der Waals surface area (Å²) in [5, 5.41) is 0. The van der Waals surface area contributed by atoms with E-state index in [2.05, 4.69) is 106 Å². The minimum Gasteiger partial charge on any atom is -0.462 e. The predicted octanol–water partition coefficient (Wildman–Crippen LogP) is 25.0. The Labute approximate surface area is 515 Å². The quantitative estimate of drug-likeness (QED) is 0.0261. The summed E-state index contributed by atoms with van der Waals surface area (Å²) in [5.74, 6) is -0.875. The van der Waals surface area contributed by atoms with E-state index in [1.54, 1.807) is 0 Å². The molecule has 1 atom stereocenters. The normalized spacial score (nSPS) is 12.6. The summed E-state index contributed by atoms with van der Waals surface area (Å²) in [5.41, 5.74) is 0. The lowest BCUT2D eigenvalue weighted by Crippen LogP contribution is -2.30. The van der Waals surface area contributed by atoms with Gasteiger partial charge in [0.15, 0.2) is 6.10 Å². The lowest BCUT2D eigenvalue weighted by molar-refractivity contribution is -0.167. The lowest BCUT2D eigenvalue weighted by atomic mass is 10.0. The number of unbranched alkanes of at least 4 members (excludes halogenated alkanes) is 41. The lowest BCUT2D eigenvalue weighted by Gasteiger charge is -2.18. The molecule has 0 fully saturated rings. The van der Waals surface area contributed by atoms with Crippen molar-refractivity contribution in [1.82, 2.24) is 0 Å². The van der Waals surface area contributed by atoms with Gasteiger partial charge in [0.1, 0.15) is 13.2 Å². The molecule has 0 saturated heterocycles. The molecule has 0 aliphatic carbocycles. The molecule has 83 heavy (non-hydrogen) atoms. The predicted molar refractivity (Wildman–Crippen MR) is 362 cm³/mol. The maximum Gasteiger partial charge on any atom is 0.306 e. The molecule has 0 aliphatic rings. The van der Waals surface area contributed by atoms with Crippen LogP contribution in [0.1, 0.15) is 367 Å². The van der Waals surface area contributed by atoms with E-state index in [0.29, 0.717) is 19.3 Å². The minimum absolute atomic E-state index is 0.0792. The molecule has 6 nitrogen and oxygen atoms in total. The number of carbonyl (C=O) groups excluding carboxylic acids is 3. The summed E-state index contributed by atoms with van der Waals surface area (Å²) < 4.78 is 17.0. The molecule has 0 saturated carbocycles. The van der Waals surface area contributed by atoms with Crippen LogP contribution in [0, 0.1) is 0 Å². The number of rotatable bonds is 66. The molecule has 0 spiro atoms. The van der Waals surface area contributed by atoms with Crippen molar-refractivity contribution in [2.75, 3.05) is 13.2 Å². The fourth-order valence-corrected chi connectivity index (χ4v) is 10.5. The van der Waals surface area contributed by atoms with Gasteiger partial charge in [-0.05, 0) is 116 Å². The second kappa shape index (κ2) is 71.1. The zero-order chi connectivity index (χ0) is 59.9. The number of allylic oxidation sites excluding steroid dienone is 14. The van der Waals surface area contributed by atoms with E-state index in [4.69, 9.17) is 14.2 Å². The van der Waals surface area contributed by atoms with Gasteiger partial charge in [0, 0.05) is 19.3 Å². The van der Waals surface area contributed by atoms with E-state index in [9.17, 15) is 14.4 Å². The summed E-state index contributed by atoms with van der Waals surface area (Å²) in [7, 11) is 0. The van der Waals surface area contributed by atoms with Crippen molar-refractivity contribution in [3.63, 3.8) is 0 Å². The molecule has 0 rings (SSSR count). The van der Waals surface area contributed by atoms with Crippen molar-refractivity contribution >= 4 is 17.9 Å². The maximum atomic E-state index is 12.9. The van der Waals surface area contributed by atoms with Gasteiger partial charge >= 0.3 is 17.9 Å². The van der Waals surface area contributed by atoms with Gasteiger partial charge in [0.2, 0.25) is 0 Å². The first kappa shape index (κ1) is 79.6. The van der Waals surface area contributed by atoms with Crippen LogP contribution in [-0.2, 0) is 28.6 Å². The van der Waals surface area contributed by atoms with Gasteiger partial charge in [-0.1, -0.05) is 318 Å². The molecular weight excluding hydrogens is 1020 g/mol. The van der Waals surface area contributed by atoms with Crippen LogP contribution < -0.4 is 0 Å². The van der Waals surface area contributed by atoms with E-state index in [1.807, 2.05) is 0 Å². The van der Waals surface area contributed by atoms with Crippen molar-refractivity contribution < 1.29 is 28.6 Å². The first-order valence-corrected chi connectivity index (χ1v) is 36.1.